The van der Waals surface area contributed by atoms with Gasteiger partial charge in [-0.15, -0.1) is 0 Å². The number of nitriles is 1. The summed E-state index contributed by atoms with van der Waals surface area (Å²) >= 11 is 6.02. The standard InChI is InChI=1S/C19H15ClF3N7O/c20-11-1-2-13-12(3-11)14(4-17(28-13)19(21,22)23)26-7-15-16(9-29(15)18(25)31)30-8-10(5-24)6-27-30/h1-4,6,8,15-16H,7,9H2,(H2,25,31)(H,26,28). The van der Waals surface area contributed by atoms with E-state index in [4.69, 9.17) is 22.6 Å². The molecule has 0 aliphatic carbocycles. The van der Waals surface area contributed by atoms with E-state index in [9.17, 15) is 18.0 Å². The molecule has 2 aromatic heterocycles. The van der Waals surface area contributed by atoms with Gasteiger partial charge >= 0.3 is 12.2 Å². The molecular formula is C19H15ClF3N7O. The number of carbonyl (C=O) groups excluding carboxylic acids is 1. The van der Waals surface area contributed by atoms with Gasteiger partial charge in [0.1, 0.15) is 11.8 Å². The van der Waals surface area contributed by atoms with Gasteiger partial charge in [0.05, 0.1) is 29.4 Å². The van der Waals surface area contributed by atoms with Crippen molar-refractivity contribution in [3.05, 3.63) is 52.9 Å². The largest absolute Gasteiger partial charge is 0.433 e. The minimum absolute atomic E-state index is 0.0955. The summed E-state index contributed by atoms with van der Waals surface area (Å²) in [5.41, 5.74) is 5.03. The van der Waals surface area contributed by atoms with Gasteiger partial charge in [0.25, 0.3) is 0 Å². The van der Waals surface area contributed by atoms with Crippen molar-refractivity contribution in [1.29, 1.82) is 5.26 Å². The quantitative estimate of drug-likeness (QED) is 0.634. The second-order valence-electron chi connectivity index (χ2n) is 7.04. The van der Waals surface area contributed by atoms with E-state index in [1.54, 1.807) is 10.9 Å². The Balaban J connectivity index is 1.65. The molecule has 0 saturated carbocycles. The van der Waals surface area contributed by atoms with Gasteiger partial charge in [0.15, 0.2) is 0 Å². The summed E-state index contributed by atoms with van der Waals surface area (Å²) in [5, 5.41) is 16.9. The summed E-state index contributed by atoms with van der Waals surface area (Å²) in [5.74, 6) is 0. The highest BCUT2D eigenvalue weighted by atomic mass is 35.5. The number of fused-ring (bicyclic) bond motifs is 1. The van der Waals surface area contributed by atoms with Crippen LogP contribution in [-0.4, -0.2) is 44.8 Å². The van der Waals surface area contributed by atoms with Crippen LogP contribution in [0.2, 0.25) is 5.02 Å². The fraction of sp³-hybridized carbons (Fsp3) is 0.263. The minimum Gasteiger partial charge on any atom is -0.382 e. The molecule has 2 unspecified atom stereocenters. The molecule has 1 aliphatic heterocycles. The number of nitrogens with zero attached hydrogens (tertiary/aromatic N) is 5. The second kappa shape index (κ2) is 7.63. The summed E-state index contributed by atoms with van der Waals surface area (Å²) in [6.07, 6.45) is -1.70. The van der Waals surface area contributed by atoms with Crippen molar-refractivity contribution in [2.24, 2.45) is 5.73 Å². The van der Waals surface area contributed by atoms with Crippen LogP contribution in [0, 0.1) is 11.3 Å². The molecule has 2 amide bonds. The van der Waals surface area contributed by atoms with Crippen LogP contribution in [0.1, 0.15) is 17.3 Å². The topological polar surface area (TPSA) is 113 Å². The Labute approximate surface area is 179 Å². The second-order valence-corrected chi connectivity index (χ2v) is 7.48. The number of alkyl halides is 3. The normalized spacial score (nSPS) is 18.5. The van der Waals surface area contributed by atoms with Gasteiger partial charge in [-0.05, 0) is 24.3 Å². The van der Waals surface area contributed by atoms with E-state index in [2.05, 4.69) is 15.4 Å². The number of carbonyl (C=O) groups is 1. The number of halogens is 4. The monoisotopic (exact) mass is 449 g/mol. The van der Waals surface area contributed by atoms with Gasteiger partial charge in [-0.2, -0.15) is 23.5 Å². The number of nitrogens with one attached hydrogen (secondary N) is 1. The highest BCUT2D eigenvalue weighted by Crippen LogP contribution is 2.35. The van der Waals surface area contributed by atoms with Crippen molar-refractivity contribution in [1.82, 2.24) is 19.7 Å². The average Bonchev–Trinajstić information content (AvgIpc) is 3.14. The summed E-state index contributed by atoms with van der Waals surface area (Å²) in [6, 6.07) is 5.83. The molecular weight excluding hydrogens is 435 g/mol. The first-order valence-electron chi connectivity index (χ1n) is 9.09. The van der Waals surface area contributed by atoms with Gasteiger partial charge in [0, 0.05) is 35.4 Å². The number of amides is 2. The predicted molar refractivity (Wildman–Crippen MR) is 106 cm³/mol. The highest BCUT2D eigenvalue weighted by Gasteiger charge is 2.43. The SMILES string of the molecule is N#Cc1cnn(C2CN(C(N)=O)C2CNc2cc(C(F)(F)F)nc3ccc(Cl)cc23)c1. The van der Waals surface area contributed by atoms with Crippen LogP contribution in [0.25, 0.3) is 10.9 Å². The van der Waals surface area contributed by atoms with Crippen LogP contribution in [-0.2, 0) is 6.18 Å². The fourth-order valence-corrected chi connectivity index (χ4v) is 3.74. The van der Waals surface area contributed by atoms with Crippen LogP contribution in [0.15, 0.2) is 36.7 Å². The molecule has 12 heteroatoms. The molecule has 1 aromatic carbocycles. The Morgan fingerprint density at radius 2 is 2.16 bits per heavy atom. The van der Waals surface area contributed by atoms with E-state index in [0.29, 0.717) is 16.0 Å². The lowest BCUT2D eigenvalue weighted by Crippen LogP contribution is -2.63. The zero-order chi connectivity index (χ0) is 22.3. The van der Waals surface area contributed by atoms with Crippen molar-refractivity contribution >= 4 is 34.2 Å². The number of nitrogens with two attached hydrogens (primary N) is 1. The first kappa shape index (κ1) is 20.7. The molecule has 1 aliphatic rings. The number of urea groups is 1. The van der Waals surface area contributed by atoms with Crippen LogP contribution >= 0.6 is 11.6 Å². The molecule has 31 heavy (non-hydrogen) atoms. The number of pyridine rings is 1. The molecule has 3 heterocycles. The van der Waals surface area contributed by atoms with E-state index in [-0.39, 0.29) is 30.3 Å². The molecule has 1 fully saturated rings. The number of rotatable bonds is 4. The molecule has 1 saturated heterocycles. The lowest BCUT2D eigenvalue weighted by Gasteiger charge is -2.47. The minimum atomic E-state index is -4.63. The maximum Gasteiger partial charge on any atom is 0.433 e. The van der Waals surface area contributed by atoms with E-state index in [1.807, 2.05) is 6.07 Å². The van der Waals surface area contributed by atoms with Crippen molar-refractivity contribution in [2.75, 3.05) is 18.4 Å². The van der Waals surface area contributed by atoms with Crippen molar-refractivity contribution < 1.29 is 18.0 Å². The lowest BCUT2D eigenvalue weighted by atomic mass is 9.96. The van der Waals surface area contributed by atoms with Crippen LogP contribution in [0.3, 0.4) is 0 Å². The molecule has 0 radical (unpaired) electrons. The molecule has 160 valence electrons. The Hall–Kier alpha value is -3.52. The summed E-state index contributed by atoms with van der Waals surface area (Å²) in [7, 11) is 0. The predicted octanol–water partition coefficient (Wildman–Crippen LogP) is 3.39. The highest BCUT2D eigenvalue weighted by molar-refractivity contribution is 6.31. The Kier molecular flexibility index (Phi) is 5.10. The summed E-state index contributed by atoms with van der Waals surface area (Å²) < 4.78 is 41.5. The summed E-state index contributed by atoms with van der Waals surface area (Å²) in [4.78, 5) is 16.8. The number of hydrogen-bond donors (Lipinski definition) is 2. The average molecular weight is 450 g/mol. The van der Waals surface area contributed by atoms with E-state index < -0.39 is 23.9 Å². The number of anilines is 1. The van der Waals surface area contributed by atoms with Gasteiger partial charge in [-0.25, -0.2) is 9.78 Å². The smallest absolute Gasteiger partial charge is 0.382 e. The van der Waals surface area contributed by atoms with Crippen molar-refractivity contribution in [3.8, 4) is 6.07 Å². The number of benzene rings is 1. The van der Waals surface area contributed by atoms with E-state index >= 15 is 0 Å². The molecule has 3 aromatic rings. The molecule has 0 spiro atoms. The first-order chi connectivity index (χ1) is 14.7. The zero-order valence-corrected chi connectivity index (χ0v) is 16.5. The van der Waals surface area contributed by atoms with E-state index in [0.717, 1.165) is 6.07 Å². The van der Waals surface area contributed by atoms with Crippen molar-refractivity contribution in [3.63, 3.8) is 0 Å². The Morgan fingerprint density at radius 3 is 2.81 bits per heavy atom. The zero-order valence-electron chi connectivity index (χ0n) is 15.8. The lowest BCUT2D eigenvalue weighted by molar-refractivity contribution is -0.140. The van der Waals surface area contributed by atoms with Crippen LogP contribution in [0.5, 0.6) is 0 Å². The third-order valence-corrected chi connectivity index (χ3v) is 5.38. The number of likely N-dealkylation sites (tertiary alicyclic amines) is 1. The van der Waals surface area contributed by atoms with E-state index in [1.165, 1.54) is 29.3 Å². The number of primary amides is 1. The Morgan fingerprint density at radius 1 is 1.39 bits per heavy atom. The van der Waals surface area contributed by atoms with Crippen LogP contribution in [0.4, 0.5) is 23.7 Å². The summed E-state index contributed by atoms with van der Waals surface area (Å²) in [6.45, 7) is 0.364. The third kappa shape index (κ3) is 3.94. The van der Waals surface area contributed by atoms with Gasteiger partial charge in [-0.1, -0.05) is 11.6 Å². The molecule has 3 N–H and O–H groups in total. The number of aromatic nitrogens is 3. The van der Waals surface area contributed by atoms with Gasteiger partial charge in [-0.3, -0.25) is 4.68 Å². The fourth-order valence-electron chi connectivity index (χ4n) is 3.57. The maximum atomic E-state index is 13.3. The van der Waals surface area contributed by atoms with Gasteiger partial charge in [0.2, 0.25) is 0 Å². The first-order valence-corrected chi connectivity index (χ1v) is 9.47. The Bertz CT molecular complexity index is 1200. The third-order valence-electron chi connectivity index (χ3n) is 5.14. The molecule has 2 atom stereocenters. The van der Waals surface area contributed by atoms with Gasteiger partial charge < -0.3 is 16.0 Å². The molecule has 4 rings (SSSR count). The van der Waals surface area contributed by atoms with Crippen LogP contribution < -0.4 is 11.1 Å². The maximum absolute atomic E-state index is 13.3. The number of hydrogen-bond acceptors (Lipinski definition) is 5. The molecule has 0 bridgehead atoms. The molecule has 8 nitrogen and oxygen atoms in total. The van der Waals surface area contributed by atoms with Crippen molar-refractivity contribution in [2.45, 2.75) is 18.3 Å².